The number of likely N-dealkylation sites (N-methyl/N-ethyl adjacent to an activating group) is 1. The summed E-state index contributed by atoms with van der Waals surface area (Å²) in [6.45, 7) is 9.19. The van der Waals surface area contributed by atoms with Crippen molar-refractivity contribution in [3.05, 3.63) is 26.7 Å². The Balaban J connectivity index is 1.93. The summed E-state index contributed by atoms with van der Waals surface area (Å²) in [5.41, 5.74) is 1.48. The molecule has 0 atom stereocenters. The summed E-state index contributed by atoms with van der Waals surface area (Å²) in [4.78, 5) is 34.1. The van der Waals surface area contributed by atoms with Gasteiger partial charge in [-0.2, -0.15) is 0 Å². The number of nitrogens with zero attached hydrogens (tertiary/aromatic N) is 5. The number of hydrogen-bond donors (Lipinski definition) is 0. The highest BCUT2D eigenvalue weighted by atomic mass is 32.1. The Morgan fingerprint density at radius 1 is 1.27 bits per heavy atom. The molecule has 138 valence electrons. The number of carbonyl (C=O) groups excluding carboxylic acids is 1. The van der Waals surface area contributed by atoms with Crippen molar-refractivity contribution in [2.75, 3.05) is 13.1 Å². The lowest BCUT2D eigenvalue weighted by Gasteiger charge is -2.17. The topological polar surface area (TPSA) is 72.5 Å². The van der Waals surface area contributed by atoms with Crippen LogP contribution in [0.3, 0.4) is 0 Å². The number of hydrogen-bond acceptors (Lipinski definition) is 5. The molecule has 1 saturated carbocycles. The first kappa shape index (κ1) is 17.2. The van der Waals surface area contributed by atoms with Crippen LogP contribution in [-0.2, 0) is 11.3 Å². The molecule has 3 heterocycles. The van der Waals surface area contributed by atoms with Gasteiger partial charge in [0.25, 0.3) is 0 Å². The first-order valence-corrected chi connectivity index (χ1v) is 9.94. The quantitative estimate of drug-likeness (QED) is 0.689. The Bertz CT molecular complexity index is 1070. The van der Waals surface area contributed by atoms with Crippen LogP contribution in [0.1, 0.15) is 48.9 Å². The second-order valence-corrected chi connectivity index (χ2v) is 8.08. The van der Waals surface area contributed by atoms with Crippen molar-refractivity contribution in [2.45, 2.75) is 53.0 Å². The maximum Gasteiger partial charge on any atom is 0.352 e. The van der Waals surface area contributed by atoms with Crippen LogP contribution in [0.4, 0.5) is 0 Å². The highest BCUT2D eigenvalue weighted by Gasteiger charge is 2.31. The Hall–Kier alpha value is -2.22. The third-order valence-corrected chi connectivity index (χ3v) is 6.32. The largest absolute Gasteiger partial charge is 0.352 e. The van der Waals surface area contributed by atoms with Gasteiger partial charge in [-0.1, -0.05) is 0 Å². The molecule has 1 amide bonds. The van der Waals surface area contributed by atoms with E-state index in [-0.39, 0.29) is 18.1 Å². The fourth-order valence-corrected chi connectivity index (χ4v) is 4.43. The normalized spacial score (nSPS) is 14.5. The van der Waals surface area contributed by atoms with Crippen LogP contribution < -0.4 is 5.69 Å². The summed E-state index contributed by atoms with van der Waals surface area (Å²) in [7, 11) is 0. The van der Waals surface area contributed by atoms with Crippen molar-refractivity contribution in [3.63, 3.8) is 0 Å². The molecule has 4 rings (SSSR count). The summed E-state index contributed by atoms with van der Waals surface area (Å²) < 4.78 is 2.93. The lowest BCUT2D eigenvalue weighted by atomic mass is 10.2. The van der Waals surface area contributed by atoms with Crippen LogP contribution in [0, 0.1) is 13.8 Å². The molecule has 26 heavy (non-hydrogen) atoms. The van der Waals surface area contributed by atoms with Crippen molar-refractivity contribution >= 4 is 33.1 Å². The number of rotatable bonds is 5. The fourth-order valence-electron chi connectivity index (χ4n) is 3.40. The molecule has 7 nitrogen and oxygen atoms in total. The predicted molar refractivity (Wildman–Crippen MR) is 102 cm³/mol. The van der Waals surface area contributed by atoms with Crippen LogP contribution in [0.25, 0.3) is 15.9 Å². The number of fused-ring (bicyclic) bond motifs is 3. The van der Waals surface area contributed by atoms with Crippen molar-refractivity contribution in [3.8, 4) is 0 Å². The average Bonchev–Trinajstić information content (AvgIpc) is 3.35. The van der Waals surface area contributed by atoms with E-state index in [2.05, 4.69) is 12.0 Å². The summed E-state index contributed by atoms with van der Waals surface area (Å²) in [5.74, 6) is 1.02. The summed E-state index contributed by atoms with van der Waals surface area (Å²) in [6, 6.07) is 0. The monoisotopic (exact) mass is 373 g/mol. The van der Waals surface area contributed by atoms with E-state index in [1.165, 1.54) is 9.56 Å². The average molecular weight is 373 g/mol. The lowest BCUT2D eigenvalue weighted by molar-refractivity contribution is -0.131. The molecule has 0 unspecified atom stereocenters. The molecular formula is C18H23N5O2S. The third-order valence-electron chi connectivity index (χ3n) is 5.22. The van der Waals surface area contributed by atoms with E-state index in [1.54, 1.807) is 20.6 Å². The zero-order valence-electron chi connectivity index (χ0n) is 15.6. The van der Waals surface area contributed by atoms with Gasteiger partial charge in [0.2, 0.25) is 5.91 Å². The van der Waals surface area contributed by atoms with Gasteiger partial charge < -0.3 is 4.90 Å². The van der Waals surface area contributed by atoms with E-state index in [4.69, 9.17) is 4.98 Å². The molecule has 0 spiro atoms. The molecule has 1 fully saturated rings. The first-order valence-electron chi connectivity index (χ1n) is 9.13. The zero-order valence-corrected chi connectivity index (χ0v) is 16.4. The predicted octanol–water partition coefficient (Wildman–Crippen LogP) is 2.47. The van der Waals surface area contributed by atoms with Gasteiger partial charge in [0.05, 0.1) is 5.39 Å². The van der Waals surface area contributed by atoms with Gasteiger partial charge in [0.1, 0.15) is 17.2 Å². The van der Waals surface area contributed by atoms with Crippen molar-refractivity contribution in [1.82, 2.24) is 24.1 Å². The van der Waals surface area contributed by atoms with Crippen LogP contribution in [0.2, 0.25) is 0 Å². The van der Waals surface area contributed by atoms with Crippen molar-refractivity contribution < 1.29 is 4.79 Å². The summed E-state index contributed by atoms with van der Waals surface area (Å²) in [6.07, 6.45) is 2.10. The van der Waals surface area contributed by atoms with Crippen LogP contribution in [0.5, 0.6) is 0 Å². The first-order chi connectivity index (χ1) is 12.5. The van der Waals surface area contributed by atoms with Gasteiger partial charge in [-0.25, -0.2) is 18.9 Å². The molecule has 0 saturated heterocycles. The van der Waals surface area contributed by atoms with Gasteiger partial charge in [0, 0.05) is 23.9 Å². The van der Waals surface area contributed by atoms with E-state index in [9.17, 15) is 9.59 Å². The molecule has 1 aliphatic carbocycles. The Labute approximate surface area is 155 Å². The van der Waals surface area contributed by atoms with E-state index >= 15 is 0 Å². The smallest absolute Gasteiger partial charge is 0.342 e. The standard InChI is InChI=1S/C18H23N5O2S/c1-5-21(6-2)13(24)9-22-18(25)23-15(12-7-8-12)19-17-14(16(23)20-22)10(3)11(4)26-17/h12H,5-9H2,1-4H3. The second-order valence-electron chi connectivity index (χ2n) is 6.87. The van der Waals surface area contributed by atoms with Gasteiger partial charge in [-0.3, -0.25) is 4.79 Å². The Kier molecular flexibility index (Phi) is 4.10. The molecule has 0 radical (unpaired) electrons. The molecule has 0 N–H and O–H groups in total. The SMILES string of the molecule is CCN(CC)C(=O)Cn1nc2c3c(C)c(C)sc3nc(C3CC3)n2c1=O. The summed E-state index contributed by atoms with van der Waals surface area (Å²) in [5, 5.41) is 5.50. The van der Waals surface area contributed by atoms with Crippen LogP contribution >= 0.6 is 11.3 Å². The molecule has 0 bridgehead atoms. The minimum Gasteiger partial charge on any atom is -0.342 e. The van der Waals surface area contributed by atoms with Gasteiger partial charge in [-0.15, -0.1) is 16.4 Å². The number of amides is 1. The van der Waals surface area contributed by atoms with Crippen molar-refractivity contribution in [2.24, 2.45) is 0 Å². The van der Waals surface area contributed by atoms with E-state index in [0.29, 0.717) is 24.7 Å². The number of aromatic nitrogens is 4. The van der Waals surface area contributed by atoms with Crippen LogP contribution in [-0.4, -0.2) is 43.1 Å². The van der Waals surface area contributed by atoms with Crippen molar-refractivity contribution in [1.29, 1.82) is 0 Å². The number of thiophene rings is 1. The molecule has 0 aromatic carbocycles. The Morgan fingerprint density at radius 3 is 2.58 bits per heavy atom. The molecule has 3 aromatic rings. The minimum atomic E-state index is -0.264. The van der Waals surface area contributed by atoms with E-state index < -0.39 is 0 Å². The van der Waals surface area contributed by atoms with Gasteiger partial charge in [0.15, 0.2) is 5.65 Å². The second kappa shape index (κ2) is 6.19. The molecule has 3 aromatic heterocycles. The highest BCUT2D eigenvalue weighted by molar-refractivity contribution is 7.18. The van der Waals surface area contributed by atoms with E-state index in [0.717, 1.165) is 34.4 Å². The molecule has 8 heteroatoms. The Morgan fingerprint density at radius 2 is 1.96 bits per heavy atom. The zero-order chi connectivity index (χ0) is 18.6. The maximum atomic E-state index is 13.0. The molecular weight excluding hydrogens is 350 g/mol. The number of carbonyl (C=O) groups is 1. The fraction of sp³-hybridized carbons (Fsp3) is 0.556. The molecule has 1 aliphatic rings. The van der Waals surface area contributed by atoms with Gasteiger partial charge >= 0.3 is 5.69 Å². The minimum absolute atomic E-state index is 0.0318. The van der Waals surface area contributed by atoms with Gasteiger partial charge in [-0.05, 0) is 46.1 Å². The maximum absolute atomic E-state index is 13.0. The third kappa shape index (κ3) is 2.55. The number of aryl methyl sites for hydroxylation is 2. The van der Waals surface area contributed by atoms with Crippen LogP contribution in [0.15, 0.2) is 4.79 Å². The molecule has 0 aliphatic heterocycles. The highest BCUT2D eigenvalue weighted by Crippen LogP contribution is 2.41. The lowest BCUT2D eigenvalue weighted by Crippen LogP contribution is -2.36. The summed E-state index contributed by atoms with van der Waals surface area (Å²) >= 11 is 1.64. The van der Waals surface area contributed by atoms with E-state index in [1.807, 2.05) is 20.8 Å².